The van der Waals surface area contributed by atoms with E-state index in [9.17, 15) is 4.57 Å². The topological polar surface area (TPSA) is 43.1 Å². The van der Waals surface area contributed by atoms with Gasteiger partial charge in [0.15, 0.2) is 0 Å². The lowest BCUT2D eigenvalue weighted by Gasteiger charge is -2.07. The Hall–Kier alpha value is -0.300. The van der Waals surface area contributed by atoms with Gasteiger partial charge in [0.25, 0.3) is 0 Å². The lowest BCUT2D eigenvalue weighted by molar-refractivity contribution is 0.588. The predicted molar refractivity (Wildman–Crippen MR) is 68.1 cm³/mol. The zero-order chi connectivity index (χ0) is 10.3. The number of hydrogen-bond donors (Lipinski definition) is 1. The molecule has 0 bridgehead atoms. The third-order valence-electron chi connectivity index (χ3n) is 2.78. The minimum absolute atomic E-state index is 0. The number of hydrogen-bond acceptors (Lipinski definition) is 2. The number of halogens is 1. The van der Waals surface area contributed by atoms with E-state index in [0.717, 1.165) is 11.7 Å². The molecule has 0 saturated heterocycles. The molecule has 1 aliphatic rings. The van der Waals surface area contributed by atoms with Crippen LogP contribution in [0.15, 0.2) is 24.3 Å². The van der Waals surface area contributed by atoms with E-state index >= 15 is 0 Å². The van der Waals surface area contributed by atoms with Gasteiger partial charge in [0.1, 0.15) is 7.14 Å². The van der Waals surface area contributed by atoms with Crippen LogP contribution in [-0.2, 0) is 4.57 Å². The third-order valence-corrected chi connectivity index (χ3v) is 4.32. The van der Waals surface area contributed by atoms with Crippen molar-refractivity contribution in [1.29, 1.82) is 0 Å². The van der Waals surface area contributed by atoms with Crippen LogP contribution >= 0.6 is 19.5 Å². The Morgan fingerprint density at radius 1 is 1.27 bits per heavy atom. The maximum absolute atomic E-state index is 11.8. The molecule has 0 radical (unpaired) electrons. The van der Waals surface area contributed by atoms with E-state index < -0.39 is 7.14 Å². The minimum atomic E-state index is -2.09. The molecule has 2 atom stereocenters. The first kappa shape index (κ1) is 12.8. The molecule has 0 aromatic heterocycles. The predicted octanol–water partition coefficient (Wildman–Crippen LogP) is 2.17. The van der Waals surface area contributed by atoms with E-state index in [1.54, 1.807) is 13.3 Å². The summed E-state index contributed by atoms with van der Waals surface area (Å²) < 4.78 is 11.8. The van der Waals surface area contributed by atoms with Crippen LogP contribution in [0.5, 0.6) is 0 Å². The highest BCUT2D eigenvalue weighted by molar-refractivity contribution is 7.70. The van der Waals surface area contributed by atoms with Crippen molar-refractivity contribution in [1.82, 2.24) is 0 Å². The van der Waals surface area contributed by atoms with E-state index in [1.807, 2.05) is 12.1 Å². The molecule has 2 rings (SSSR count). The molecule has 2 unspecified atom stereocenters. The van der Waals surface area contributed by atoms with Gasteiger partial charge < -0.3 is 10.3 Å². The lowest BCUT2D eigenvalue weighted by Crippen LogP contribution is -2.04. The maximum Gasteiger partial charge on any atom is 0.109 e. The van der Waals surface area contributed by atoms with Crippen LogP contribution in [-0.4, -0.2) is 19.4 Å². The summed E-state index contributed by atoms with van der Waals surface area (Å²) in [5, 5.41) is 0.954. The Labute approximate surface area is 97.0 Å². The molecular formula is C11H17ClNOP. The highest BCUT2D eigenvalue weighted by Crippen LogP contribution is 2.40. The largest absolute Gasteiger partial charge is 0.327 e. The van der Waals surface area contributed by atoms with Crippen molar-refractivity contribution < 1.29 is 4.57 Å². The monoisotopic (exact) mass is 245 g/mol. The summed E-state index contributed by atoms with van der Waals surface area (Å²) in [6.45, 7) is 3.59. The van der Waals surface area contributed by atoms with E-state index in [2.05, 4.69) is 12.1 Å². The first-order valence-corrected chi connectivity index (χ1v) is 7.50. The van der Waals surface area contributed by atoms with Crippen molar-refractivity contribution in [3.63, 3.8) is 0 Å². The van der Waals surface area contributed by atoms with Gasteiger partial charge in [-0.15, -0.1) is 12.4 Å². The molecule has 2 N–H and O–H groups in total. The summed E-state index contributed by atoms with van der Waals surface area (Å²) in [5.41, 5.74) is 7.05. The quantitative estimate of drug-likeness (QED) is 0.812. The standard InChI is InChI=1S/C11H16NOP.ClH/c1-14(2,13)9-5-3-8(4-6-9)10-7-11(10)12;/h3-6,10-11H,7,12H2,1-2H3;1H. The minimum Gasteiger partial charge on any atom is -0.327 e. The summed E-state index contributed by atoms with van der Waals surface area (Å²) >= 11 is 0. The molecular weight excluding hydrogens is 229 g/mol. The molecule has 0 amide bonds. The van der Waals surface area contributed by atoms with Crippen molar-refractivity contribution >= 4 is 24.9 Å². The fraction of sp³-hybridized carbons (Fsp3) is 0.455. The molecule has 0 spiro atoms. The Balaban J connectivity index is 0.00000112. The van der Waals surface area contributed by atoms with Crippen LogP contribution in [0.2, 0.25) is 0 Å². The van der Waals surface area contributed by atoms with Crippen LogP contribution in [0.3, 0.4) is 0 Å². The van der Waals surface area contributed by atoms with Crippen molar-refractivity contribution in [3.8, 4) is 0 Å². The molecule has 1 aromatic carbocycles. The van der Waals surface area contributed by atoms with Gasteiger partial charge in [-0.1, -0.05) is 24.3 Å². The Morgan fingerprint density at radius 2 is 1.73 bits per heavy atom. The lowest BCUT2D eigenvalue weighted by atomic mass is 10.1. The molecule has 2 nitrogen and oxygen atoms in total. The summed E-state index contributed by atoms with van der Waals surface area (Å²) in [5.74, 6) is 0.539. The number of benzene rings is 1. The maximum atomic E-state index is 11.8. The van der Waals surface area contributed by atoms with Gasteiger partial charge in [0.2, 0.25) is 0 Å². The van der Waals surface area contributed by atoms with Crippen LogP contribution < -0.4 is 11.0 Å². The van der Waals surface area contributed by atoms with Crippen molar-refractivity contribution in [3.05, 3.63) is 29.8 Å². The summed E-state index contributed by atoms with van der Waals surface area (Å²) in [4.78, 5) is 0. The van der Waals surface area contributed by atoms with Gasteiger partial charge in [-0.05, 0) is 25.3 Å². The molecule has 4 heteroatoms. The normalized spacial score (nSPS) is 24.5. The van der Waals surface area contributed by atoms with E-state index in [4.69, 9.17) is 5.73 Å². The summed E-state index contributed by atoms with van der Waals surface area (Å²) in [6.07, 6.45) is 1.09. The number of rotatable bonds is 2. The van der Waals surface area contributed by atoms with Gasteiger partial charge in [-0.25, -0.2) is 0 Å². The average molecular weight is 246 g/mol. The van der Waals surface area contributed by atoms with Crippen LogP contribution in [0.1, 0.15) is 17.9 Å². The van der Waals surface area contributed by atoms with Crippen LogP contribution in [0.25, 0.3) is 0 Å². The molecule has 84 valence electrons. The number of nitrogens with two attached hydrogens (primary N) is 1. The van der Waals surface area contributed by atoms with Gasteiger partial charge in [0, 0.05) is 17.3 Å². The summed E-state index contributed by atoms with van der Waals surface area (Å²) in [6, 6.07) is 8.41. The SMILES string of the molecule is CP(C)(=O)c1ccc(C2CC2N)cc1.Cl. The molecule has 1 aromatic rings. The van der Waals surface area contributed by atoms with Crippen molar-refractivity contribution in [2.24, 2.45) is 5.73 Å². The third kappa shape index (κ3) is 2.84. The van der Waals surface area contributed by atoms with Gasteiger partial charge >= 0.3 is 0 Å². The molecule has 1 saturated carbocycles. The molecule has 0 heterocycles. The smallest absolute Gasteiger partial charge is 0.109 e. The second kappa shape index (κ2) is 4.29. The van der Waals surface area contributed by atoms with Gasteiger partial charge in [0.05, 0.1) is 0 Å². The van der Waals surface area contributed by atoms with E-state index in [1.165, 1.54) is 5.56 Å². The van der Waals surface area contributed by atoms with Gasteiger partial charge in [-0.3, -0.25) is 0 Å². The Morgan fingerprint density at radius 3 is 2.07 bits per heavy atom. The molecule has 15 heavy (non-hydrogen) atoms. The second-order valence-corrected chi connectivity index (χ2v) is 7.67. The zero-order valence-electron chi connectivity index (χ0n) is 9.01. The fourth-order valence-electron chi connectivity index (χ4n) is 1.68. The zero-order valence-corrected chi connectivity index (χ0v) is 10.7. The van der Waals surface area contributed by atoms with Crippen molar-refractivity contribution in [2.45, 2.75) is 18.4 Å². The highest BCUT2D eigenvalue weighted by Gasteiger charge is 2.34. The average Bonchev–Trinajstić information content (AvgIpc) is 2.81. The first-order valence-electron chi connectivity index (χ1n) is 4.89. The van der Waals surface area contributed by atoms with E-state index in [0.29, 0.717) is 12.0 Å². The molecule has 1 aliphatic carbocycles. The van der Waals surface area contributed by atoms with Crippen LogP contribution in [0, 0.1) is 0 Å². The Bertz CT molecular complexity index is 384. The van der Waals surface area contributed by atoms with Crippen molar-refractivity contribution in [2.75, 3.05) is 13.3 Å². The fourth-order valence-corrected chi connectivity index (χ4v) is 2.55. The highest BCUT2D eigenvalue weighted by atomic mass is 35.5. The Kier molecular flexibility index (Phi) is 3.65. The second-order valence-electron chi connectivity index (χ2n) is 4.45. The van der Waals surface area contributed by atoms with Crippen LogP contribution in [0.4, 0.5) is 0 Å². The van der Waals surface area contributed by atoms with E-state index in [-0.39, 0.29) is 12.4 Å². The summed E-state index contributed by atoms with van der Waals surface area (Å²) in [7, 11) is -2.09. The first-order chi connectivity index (χ1) is 6.48. The van der Waals surface area contributed by atoms with Gasteiger partial charge in [-0.2, -0.15) is 0 Å². The molecule has 1 fully saturated rings. The molecule has 0 aliphatic heterocycles.